The van der Waals surface area contributed by atoms with E-state index in [0.29, 0.717) is 13.0 Å². The molecule has 0 aliphatic rings. The topological polar surface area (TPSA) is 67.2 Å². The van der Waals surface area contributed by atoms with Crippen LogP contribution in [0, 0.1) is 0 Å². The van der Waals surface area contributed by atoms with Gasteiger partial charge in [-0.2, -0.15) is 0 Å². The summed E-state index contributed by atoms with van der Waals surface area (Å²) in [4.78, 5) is 11.5. The van der Waals surface area contributed by atoms with Crippen molar-refractivity contribution in [2.24, 2.45) is 5.73 Å². The first-order chi connectivity index (χ1) is 13.2. The molecule has 0 spiro atoms. The molecule has 0 aromatic heterocycles. The maximum Gasteiger partial charge on any atom is 0.219 e. The first-order valence-corrected chi connectivity index (χ1v) is 11.9. The van der Waals surface area contributed by atoms with Crippen molar-refractivity contribution < 1.29 is 4.79 Å². The lowest BCUT2D eigenvalue weighted by Gasteiger charge is -2.04. The standard InChI is InChI=1S/C19H40N2O.C4H11N/c1-2-3-4-5-6-7-8-9-10-11-12-13-14-16-19(22)21-18-15-17-20;1-3-5-4-2/h2-18,20H2,1H3,(H,21,22);5H,3-4H2,1-2H3. The predicted octanol–water partition coefficient (Wildman–Crippen LogP) is 5.55. The van der Waals surface area contributed by atoms with Crippen molar-refractivity contribution in [3.63, 3.8) is 0 Å². The van der Waals surface area contributed by atoms with E-state index in [4.69, 9.17) is 5.73 Å². The molecule has 0 unspecified atom stereocenters. The molecule has 0 heterocycles. The van der Waals surface area contributed by atoms with E-state index in [-0.39, 0.29) is 5.91 Å². The number of carbonyl (C=O) groups excluding carboxylic acids is 1. The first-order valence-electron chi connectivity index (χ1n) is 11.9. The van der Waals surface area contributed by atoms with Crippen LogP contribution in [0.2, 0.25) is 0 Å². The second kappa shape index (κ2) is 27.6. The Hall–Kier alpha value is -0.610. The van der Waals surface area contributed by atoms with E-state index in [0.717, 1.165) is 32.5 Å². The van der Waals surface area contributed by atoms with Crippen molar-refractivity contribution in [2.45, 2.75) is 117 Å². The molecule has 4 N–H and O–H groups in total. The van der Waals surface area contributed by atoms with Crippen LogP contribution in [0.15, 0.2) is 0 Å². The van der Waals surface area contributed by atoms with Gasteiger partial charge in [-0.15, -0.1) is 0 Å². The number of nitrogens with one attached hydrogen (secondary N) is 2. The second-order valence-corrected chi connectivity index (χ2v) is 7.44. The highest BCUT2D eigenvalue weighted by molar-refractivity contribution is 5.75. The maximum atomic E-state index is 11.5. The Morgan fingerprint density at radius 1 is 0.667 bits per heavy atom. The third-order valence-corrected chi connectivity index (χ3v) is 4.71. The zero-order valence-corrected chi connectivity index (χ0v) is 18.9. The number of rotatable bonds is 19. The van der Waals surface area contributed by atoms with Gasteiger partial charge in [-0.1, -0.05) is 97.8 Å². The summed E-state index contributed by atoms with van der Waals surface area (Å²) in [6.45, 7) is 10.0. The molecule has 0 saturated heterocycles. The van der Waals surface area contributed by atoms with Gasteiger partial charge in [0, 0.05) is 13.0 Å². The van der Waals surface area contributed by atoms with Crippen molar-refractivity contribution in [3.05, 3.63) is 0 Å². The van der Waals surface area contributed by atoms with Gasteiger partial charge in [0.1, 0.15) is 0 Å². The van der Waals surface area contributed by atoms with E-state index in [1.54, 1.807) is 0 Å². The molecule has 0 bridgehead atoms. The van der Waals surface area contributed by atoms with Crippen LogP contribution in [0.1, 0.15) is 117 Å². The van der Waals surface area contributed by atoms with Gasteiger partial charge in [-0.05, 0) is 32.5 Å². The van der Waals surface area contributed by atoms with Crippen LogP contribution in [0.4, 0.5) is 0 Å². The molecule has 164 valence electrons. The van der Waals surface area contributed by atoms with E-state index in [9.17, 15) is 4.79 Å². The fraction of sp³-hybridized carbons (Fsp3) is 0.957. The maximum absolute atomic E-state index is 11.5. The lowest BCUT2D eigenvalue weighted by atomic mass is 10.0. The lowest BCUT2D eigenvalue weighted by molar-refractivity contribution is -0.121. The third kappa shape index (κ3) is 30.4. The summed E-state index contributed by atoms with van der Waals surface area (Å²) >= 11 is 0. The molecule has 0 rings (SSSR count). The van der Waals surface area contributed by atoms with Crippen molar-refractivity contribution in [3.8, 4) is 0 Å². The molecule has 0 saturated carbocycles. The average molecular weight is 386 g/mol. The zero-order valence-electron chi connectivity index (χ0n) is 18.9. The van der Waals surface area contributed by atoms with Gasteiger partial charge in [0.2, 0.25) is 5.91 Å². The molecule has 4 nitrogen and oxygen atoms in total. The molecule has 0 aliphatic heterocycles. The van der Waals surface area contributed by atoms with Gasteiger partial charge < -0.3 is 16.4 Å². The van der Waals surface area contributed by atoms with Crippen LogP contribution in [0.5, 0.6) is 0 Å². The highest BCUT2D eigenvalue weighted by atomic mass is 16.1. The number of hydrogen-bond donors (Lipinski definition) is 3. The van der Waals surface area contributed by atoms with Crippen LogP contribution in [0.3, 0.4) is 0 Å². The summed E-state index contributed by atoms with van der Waals surface area (Å²) in [5, 5.41) is 6.02. The van der Waals surface area contributed by atoms with Crippen molar-refractivity contribution in [2.75, 3.05) is 26.2 Å². The Bertz CT molecular complexity index is 270. The van der Waals surface area contributed by atoms with Crippen LogP contribution in [-0.2, 0) is 4.79 Å². The molecule has 0 atom stereocenters. The van der Waals surface area contributed by atoms with E-state index in [1.165, 1.54) is 77.0 Å². The molecule has 0 aliphatic carbocycles. The predicted molar refractivity (Wildman–Crippen MR) is 121 cm³/mol. The highest BCUT2D eigenvalue weighted by Crippen LogP contribution is 2.12. The number of hydrogen-bond acceptors (Lipinski definition) is 3. The molecular weight excluding hydrogens is 334 g/mol. The van der Waals surface area contributed by atoms with Crippen LogP contribution in [0.25, 0.3) is 0 Å². The summed E-state index contributed by atoms with van der Waals surface area (Å²) in [6, 6.07) is 0. The smallest absolute Gasteiger partial charge is 0.219 e. The minimum absolute atomic E-state index is 0.191. The molecule has 0 radical (unpaired) electrons. The minimum atomic E-state index is 0.191. The van der Waals surface area contributed by atoms with E-state index >= 15 is 0 Å². The van der Waals surface area contributed by atoms with Crippen molar-refractivity contribution >= 4 is 5.91 Å². The lowest BCUT2D eigenvalue weighted by Crippen LogP contribution is -2.25. The Labute approximate surface area is 170 Å². The largest absolute Gasteiger partial charge is 0.356 e. The van der Waals surface area contributed by atoms with Gasteiger partial charge in [-0.25, -0.2) is 0 Å². The molecular formula is C23H51N3O. The highest BCUT2D eigenvalue weighted by Gasteiger charge is 2.00. The normalized spacial score (nSPS) is 10.4. The Morgan fingerprint density at radius 3 is 1.48 bits per heavy atom. The third-order valence-electron chi connectivity index (χ3n) is 4.71. The van der Waals surface area contributed by atoms with E-state index in [2.05, 4.69) is 31.4 Å². The molecule has 0 aromatic carbocycles. The quantitative estimate of drug-likeness (QED) is 0.255. The molecule has 0 aromatic rings. The fourth-order valence-electron chi connectivity index (χ4n) is 2.97. The summed E-state index contributed by atoms with van der Waals surface area (Å²) in [5.74, 6) is 0.191. The Kier molecular flexibility index (Phi) is 29.2. The fourth-order valence-corrected chi connectivity index (χ4v) is 2.97. The molecule has 4 heteroatoms. The number of unbranched alkanes of at least 4 members (excludes halogenated alkanes) is 12. The van der Waals surface area contributed by atoms with Gasteiger partial charge in [0.15, 0.2) is 0 Å². The minimum Gasteiger partial charge on any atom is -0.356 e. The zero-order chi connectivity index (χ0) is 20.4. The number of nitrogens with two attached hydrogens (primary N) is 1. The average Bonchev–Trinajstić information content (AvgIpc) is 2.67. The summed E-state index contributed by atoms with van der Waals surface area (Å²) < 4.78 is 0. The number of carbonyl (C=O) groups is 1. The van der Waals surface area contributed by atoms with E-state index < -0.39 is 0 Å². The van der Waals surface area contributed by atoms with Crippen molar-refractivity contribution in [1.82, 2.24) is 10.6 Å². The molecule has 27 heavy (non-hydrogen) atoms. The first kappa shape index (κ1) is 28.6. The summed E-state index contributed by atoms with van der Waals surface area (Å²) in [5.41, 5.74) is 5.39. The number of amides is 1. The molecule has 1 amide bonds. The SMILES string of the molecule is CCCCCCCCCCCCCCCC(=O)NCCCN.CCNCC. The van der Waals surface area contributed by atoms with Crippen LogP contribution < -0.4 is 16.4 Å². The van der Waals surface area contributed by atoms with E-state index in [1.807, 2.05) is 0 Å². The Morgan fingerprint density at radius 2 is 1.11 bits per heavy atom. The Balaban J connectivity index is 0. The molecule has 0 fully saturated rings. The van der Waals surface area contributed by atoms with Gasteiger partial charge >= 0.3 is 0 Å². The van der Waals surface area contributed by atoms with Gasteiger partial charge in [0.05, 0.1) is 0 Å². The van der Waals surface area contributed by atoms with Gasteiger partial charge in [0.25, 0.3) is 0 Å². The van der Waals surface area contributed by atoms with Crippen LogP contribution in [-0.4, -0.2) is 32.1 Å². The van der Waals surface area contributed by atoms with Gasteiger partial charge in [-0.3, -0.25) is 4.79 Å². The summed E-state index contributed by atoms with van der Waals surface area (Å²) in [6.07, 6.45) is 19.1. The van der Waals surface area contributed by atoms with Crippen molar-refractivity contribution in [1.29, 1.82) is 0 Å². The second-order valence-electron chi connectivity index (χ2n) is 7.44. The van der Waals surface area contributed by atoms with Crippen LogP contribution >= 0.6 is 0 Å². The monoisotopic (exact) mass is 385 g/mol. The summed E-state index contributed by atoms with van der Waals surface area (Å²) in [7, 11) is 0.